The Kier molecular flexibility index (Phi) is 6.04. The van der Waals surface area contributed by atoms with E-state index in [0.717, 1.165) is 18.9 Å². The van der Waals surface area contributed by atoms with Gasteiger partial charge in [0.1, 0.15) is 0 Å². The van der Waals surface area contributed by atoms with E-state index in [2.05, 4.69) is 18.6 Å². The van der Waals surface area contributed by atoms with E-state index >= 15 is 0 Å². The summed E-state index contributed by atoms with van der Waals surface area (Å²) in [5.74, 6) is -0.137. The van der Waals surface area contributed by atoms with Gasteiger partial charge in [0.05, 0.1) is 17.4 Å². The summed E-state index contributed by atoms with van der Waals surface area (Å²) in [4.78, 5) is 0. The van der Waals surface area contributed by atoms with Gasteiger partial charge in [0.15, 0.2) is 0 Å². The van der Waals surface area contributed by atoms with E-state index in [0.29, 0.717) is 10.6 Å². The topological polar surface area (TPSA) is 46.2 Å². The average Bonchev–Trinajstić information content (AvgIpc) is 2.57. The molecule has 3 nitrogen and oxygen atoms in total. The first-order valence-electron chi connectivity index (χ1n) is 9.61. The van der Waals surface area contributed by atoms with Gasteiger partial charge in [0.2, 0.25) is 10.0 Å². The number of benzene rings is 2. The van der Waals surface area contributed by atoms with Crippen molar-refractivity contribution in [3.63, 3.8) is 0 Å². The van der Waals surface area contributed by atoms with Crippen molar-refractivity contribution in [2.45, 2.75) is 45.8 Å². The molecule has 0 aromatic heterocycles. The predicted octanol–water partition coefficient (Wildman–Crippen LogP) is 6.19. The van der Waals surface area contributed by atoms with Crippen LogP contribution in [-0.4, -0.2) is 14.2 Å². The van der Waals surface area contributed by atoms with E-state index < -0.39 is 33.2 Å². The van der Waals surface area contributed by atoms with Crippen LogP contribution in [0.4, 0.5) is 13.2 Å². The highest BCUT2D eigenvalue weighted by Gasteiger charge is 2.48. The molecule has 1 atom stereocenters. The number of sulfonamides is 1. The zero-order chi connectivity index (χ0) is 22.4. The van der Waals surface area contributed by atoms with Crippen LogP contribution in [0.2, 0.25) is 5.02 Å². The third-order valence-corrected chi connectivity index (χ3v) is 7.35. The van der Waals surface area contributed by atoms with Gasteiger partial charge in [-0.1, -0.05) is 62.7 Å². The van der Waals surface area contributed by atoms with E-state index in [1.165, 1.54) is 42.5 Å². The number of alkyl halides is 3. The smallest absolute Gasteiger partial charge is 0.212 e. The Morgan fingerprint density at radius 3 is 2.13 bits per heavy atom. The largest absolute Gasteiger partial charge is 0.416 e. The SMILES string of the molecule is CC1(C)CC(C)(CS(=O)(=O)NC(c2ccc(Cl)cc2)c2ccccc2C(F)(F)F)C1. The Balaban J connectivity index is 1.99. The molecular formula is C22H25ClF3NO2S. The summed E-state index contributed by atoms with van der Waals surface area (Å²) in [6, 6.07) is 9.99. The zero-order valence-corrected chi connectivity index (χ0v) is 18.6. The van der Waals surface area contributed by atoms with Gasteiger partial charge in [-0.05, 0) is 53.0 Å². The molecule has 2 aromatic rings. The van der Waals surface area contributed by atoms with E-state index in [1.807, 2.05) is 6.92 Å². The fourth-order valence-electron chi connectivity index (χ4n) is 5.01. The number of hydrogen-bond donors (Lipinski definition) is 1. The predicted molar refractivity (Wildman–Crippen MR) is 113 cm³/mol. The molecule has 0 spiro atoms. The second-order valence-corrected chi connectivity index (χ2v) is 11.5. The molecule has 1 aliphatic carbocycles. The first kappa shape index (κ1) is 23.1. The molecule has 0 bridgehead atoms. The molecule has 1 fully saturated rings. The zero-order valence-electron chi connectivity index (χ0n) is 17.1. The van der Waals surface area contributed by atoms with Crippen LogP contribution in [0.5, 0.6) is 0 Å². The minimum Gasteiger partial charge on any atom is -0.212 e. The Bertz CT molecular complexity index is 1010. The van der Waals surface area contributed by atoms with Gasteiger partial charge in [-0.2, -0.15) is 13.2 Å². The van der Waals surface area contributed by atoms with Crippen molar-refractivity contribution in [1.82, 2.24) is 4.72 Å². The van der Waals surface area contributed by atoms with Crippen molar-refractivity contribution in [3.05, 3.63) is 70.2 Å². The minimum absolute atomic E-state index is 0.0722. The van der Waals surface area contributed by atoms with Gasteiger partial charge in [0, 0.05) is 5.02 Å². The minimum atomic E-state index is -4.61. The molecule has 30 heavy (non-hydrogen) atoms. The summed E-state index contributed by atoms with van der Waals surface area (Å²) in [6.07, 6.45) is -3.13. The fourth-order valence-corrected chi connectivity index (χ4v) is 6.97. The molecule has 0 heterocycles. The molecule has 1 aliphatic rings. The van der Waals surface area contributed by atoms with Crippen molar-refractivity contribution in [2.75, 3.05) is 5.75 Å². The number of hydrogen-bond acceptors (Lipinski definition) is 2. The molecule has 164 valence electrons. The van der Waals surface area contributed by atoms with Crippen LogP contribution in [0.25, 0.3) is 0 Å². The summed E-state index contributed by atoms with van der Waals surface area (Å²) in [7, 11) is -3.87. The van der Waals surface area contributed by atoms with Gasteiger partial charge in [-0.25, -0.2) is 13.1 Å². The average molecular weight is 460 g/mol. The molecule has 0 saturated heterocycles. The van der Waals surface area contributed by atoms with Crippen LogP contribution in [-0.2, 0) is 16.2 Å². The third-order valence-electron chi connectivity index (χ3n) is 5.43. The van der Waals surface area contributed by atoms with E-state index in [9.17, 15) is 21.6 Å². The summed E-state index contributed by atoms with van der Waals surface area (Å²) < 4.78 is 69.5. The second-order valence-electron chi connectivity index (χ2n) is 9.27. The molecule has 1 N–H and O–H groups in total. The Labute approximate surface area is 180 Å². The van der Waals surface area contributed by atoms with Gasteiger partial charge < -0.3 is 0 Å². The van der Waals surface area contributed by atoms with Crippen molar-refractivity contribution in [3.8, 4) is 0 Å². The Morgan fingerprint density at radius 2 is 1.60 bits per heavy atom. The second kappa shape index (κ2) is 7.84. The lowest BCUT2D eigenvalue weighted by molar-refractivity contribution is -0.138. The van der Waals surface area contributed by atoms with Gasteiger partial charge in [-0.3, -0.25) is 0 Å². The highest BCUT2D eigenvalue weighted by molar-refractivity contribution is 7.89. The third kappa shape index (κ3) is 5.37. The molecule has 8 heteroatoms. The number of nitrogens with one attached hydrogen (secondary N) is 1. The highest BCUT2D eigenvalue weighted by atomic mass is 35.5. The van der Waals surface area contributed by atoms with Crippen molar-refractivity contribution >= 4 is 21.6 Å². The quantitative estimate of drug-likeness (QED) is 0.559. The Hall–Kier alpha value is -1.57. The van der Waals surface area contributed by atoms with Gasteiger partial charge >= 0.3 is 6.18 Å². The number of halogens is 4. The van der Waals surface area contributed by atoms with Crippen LogP contribution in [0.1, 0.15) is 56.3 Å². The molecular weight excluding hydrogens is 435 g/mol. The number of rotatable bonds is 6. The lowest BCUT2D eigenvalue weighted by Crippen LogP contribution is -2.48. The van der Waals surface area contributed by atoms with E-state index in [4.69, 9.17) is 11.6 Å². The van der Waals surface area contributed by atoms with Crippen LogP contribution < -0.4 is 4.72 Å². The molecule has 3 rings (SSSR count). The monoisotopic (exact) mass is 459 g/mol. The summed E-state index contributed by atoms with van der Waals surface area (Å²) in [5.41, 5.74) is -0.955. The molecule has 1 saturated carbocycles. The van der Waals surface area contributed by atoms with E-state index in [-0.39, 0.29) is 16.7 Å². The van der Waals surface area contributed by atoms with Crippen molar-refractivity contribution in [1.29, 1.82) is 0 Å². The lowest BCUT2D eigenvalue weighted by Gasteiger charge is -2.51. The standard InChI is InChI=1S/C22H25ClF3NO2S/c1-20(2)12-21(3,13-20)14-30(28,29)27-19(15-8-10-16(23)11-9-15)17-6-4-5-7-18(17)22(24,25)26/h4-11,19,27H,12-14H2,1-3H3. The van der Waals surface area contributed by atoms with Crippen LogP contribution in [0.3, 0.4) is 0 Å². The molecule has 1 unspecified atom stereocenters. The van der Waals surface area contributed by atoms with Crippen LogP contribution >= 0.6 is 11.6 Å². The molecule has 0 radical (unpaired) electrons. The van der Waals surface area contributed by atoms with Gasteiger partial charge in [0.25, 0.3) is 0 Å². The summed E-state index contributed by atoms with van der Waals surface area (Å²) in [6.45, 7) is 6.05. The summed E-state index contributed by atoms with van der Waals surface area (Å²) in [5, 5.41) is 0.411. The lowest BCUT2D eigenvalue weighted by atomic mass is 9.56. The molecule has 0 aliphatic heterocycles. The van der Waals surface area contributed by atoms with Crippen LogP contribution in [0.15, 0.2) is 48.5 Å². The molecule has 2 aromatic carbocycles. The first-order chi connectivity index (χ1) is 13.7. The Morgan fingerprint density at radius 1 is 1.03 bits per heavy atom. The van der Waals surface area contributed by atoms with Crippen LogP contribution in [0, 0.1) is 10.8 Å². The van der Waals surface area contributed by atoms with Crippen molar-refractivity contribution in [2.24, 2.45) is 10.8 Å². The first-order valence-corrected chi connectivity index (χ1v) is 11.6. The summed E-state index contributed by atoms with van der Waals surface area (Å²) >= 11 is 5.92. The van der Waals surface area contributed by atoms with E-state index in [1.54, 1.807) is 0 Å². The van der Waals surface area contributed by atoms with Crippen molar-refractivity contribution < 1.29 is 21.6 Å². The maximum Gasteiger partial charge on any atom is 0.416 e. The highest BCUT2D eigenvalue weighted by Crippen LogP contribution is 2.54. The normalized spacial score (nSPS) is 19.2. The molecule has 0 amide bonds. The maximum absolute atomic E-state index is 13.6. The maximum atomic E-state index is 13.6. The van der Waals surface area contributed by atoms with Gasteiger partial charge in [-0.15, -0.1) is 0 Å². The fraction of sp³-hybridized carbons (Fsp3) is 0.455.